The minimum atomic E-state index is -0.695. The number of hydrogen-bond acceptors (Lipinski definition) is 5. The van der Waals surface area contributed by atoms with Gasteiger partial charge in [-0.3, -0.25) is 14.6 Å². The van der Waals surface area contributed by atoms with Gasteiger partial charge in [-0.1, -0.05) is 37.5 Å². The van der Waals surface area contributed by atoms with Crippen LogP contribution in [0.1, 0.15) is 63.3 Å². The predicted octanol–water partition coefficient (Wildman–Crippen LogP) is 4.62. The number of Topliss-reactive ketones (excluding diaryl/α,β-unsaturated/α-hetero) is 1. The van der Waals surface area contributed by atoms with Crippen LogP contribution in [-0.2, 0) is 9.59 Å². The zero-order valence-electron chi connectivity index (χ0n) is 18.0. The van der Waals surface area contributed by atoms with E-state index in [9.17, 15) is 14.7 Å². The van der Waals surface area contributed by atoms with Crippen molar-refractivity contribution in [3.05, 3.63) is 65.5 Å². The van der Waals surface area contributed by atoms with Crippen LogP contribution in [0.5, 0.6) is 5.75 Å². The van der Waals surface area contributed by atoms with Crippen LogP contribution in [0.4, 0.5) is 0 Å². The number of benzene rings is 1. The van der Waals surface area contributed by atoms with E-state index in [0.29, 0.717) is 17.0 Å². The first-order valence-electron chi connectivity index (χ1n) is 11.0. The van der Waals surface area contributed by atoms with Gasteiger partial charge in [-0.2, -0.15) is 0 Å². The third-order valence-electron chi connectivity index (χ3n) is 5.90. The van der Waals surface area contributed by atoms with Gasteiger partial charge in [-0.05, 0) is 51.0 Å². The molecule has 1 unspecified atom stereocenters. The molecule has 1 amide bonds. The first kappa shape index (κ1) is 21.1. The van der Waals surface area contributed by atoms with Gasteiger partial charge in [0.2, 0.25) is 0 Å². The molecule has 6 heteroatoms. The zero-order chi connectivity index (χ0) is 22.0. The molecule has 1 aromatic carbocycles. The fourth-order valence-corrected chi connectivity index (χ4v) is 4.56. The van der Waals surface area contributed by atoms with Crippen LogP contribution in [0.15, 0.2) is 54.2 Å². The standard InChI is InChI=1S/C25H28N2O4/c1-16(2)31-19-12-8-9-17(15-19)23(28)21-22(20-13-6-7-14-26-20)27(25(30)24(21)29)18-10-4-3-5-11-18/h6-9,12-16,18,22,28H,3-5,10-11H2,1-2H3/b23-21-. The number of carbonyl (C=O) groups is 2. The monoisotopic (exact) mass is 420 g/mol. The van der Waals surface area contributed by atoms with Crippen LogP contribution >= 0.6 is 0 Å². The number of amides is 1. The van der Waals surface area contributed by atoms with Gasteiger partial charge in [0.05, 0.1) is 17.4 Å². The summed E-state index contributed by atoms with van der Waals surface area (Å²) in [5.74, 6) is -0.816. The topological polar surface area (TPSA) is 79.7 Å². The van der Waals surface area contributed by atoms with Crippen LogP contribution in [-0.4, -0.2) is 38.8 Å². The summed E-state index contributed by atoms with van der Waals surface area (Å²) in [6, 6.07) is 11.7. The van der Waals surface area contributed by atoms with Crippen molar-refractivity contribution in [2.24, 2.45) is 0 Å². The Kier molecular flexibility index (Phi) is 6.07. The van der Waals surface area contributed by atoms with Crippen LogP contribution < -0.4 is 4.74 Å². The lowest BCUT2D eigenvalue weighted by atomic mass is 9.92. The molecule has 2 heterocycles. The number of rotatable bonds is 5. The van der Waals surface area contributed by atoms with Crippen LogP contribution in [0.25, 0.3) is 5.76 Å². The summed E-state index contributed by atoms with van der Waals surface area (Å²) >= 11 is 0. The summed E-state index contributed by atoms with van der Waals surface area (Å²) in [6.07, 6.45) is 6.52. The van der Waals surface area contributed by atoms with Crippen molar-refractivity contribution in [2.75, 3.05) is 0 Å². The number of carbonyl (C=O) groups excluding carboxylic acids is 2. The molecule has 2 aliphatic rings. The predicted molar refractivity (Wildman–Crippen MR) is 117 cm³/mol. The fourth-order valence-electron chi connectivity index (χ4n) is 4.56. The first-order valence-corrected chi connectivity index (χ1v) is 11.0. The Bertz CT molecular complexity index is 994. The van der Waals surface area contributed by atoms with Gasteiger partial charge >= 0.3 is 0 Å². The van der Waals surface area contributed by atoms with Gasteiger partial charge in [0.25, 0.3) is 11.7 Å². The van der Waals surface area contributed by atoms with Gasteiger partial charge < -0.3 is 14.7 Å². The van der Waals surface area contributed by atoms with E-state index < -0.39 is 17.7 Å². The van der Waals surface area contributed by atoms with E-state index in [-0.39, 0.29) is 23.5 Å². The summed E-state index contributed by atoms with van der Waals surface area (Å²) in [6.45, 7) is 3.84. The van der Waals surface area contributed by atoms with Crippen molar-refractivity contribution in [3.8, 4) is 5.75 Å². The third kappa shape index (κ3) is 4.20. The van der Waals surface area contributed by atoms with E-state index in [2.05, 4.69) is 4.98 Å². The van der Waals surface area contributed by atoms with Crippen molar-refractivity contribution >= 4 is 17.4 Å². The largest absolute Gasteiger partial charge is 0.507 e. The van der Waals surface area contributed by atoms with E-state index in [1.807, 2.05) is 19.9 Å². The van der Waals surface area contributed by atoms with Crippen molar-refractivity contribution < 1.29 is 19.4 Å². The molecule has 6 nitrogen and oxygen atoms in total. The molecule has 1 saturated carbocycles. The number of hydrogen-bond donors (Lipinski definition) is 1. The molecule has 1 saturated heterocycles. The van der Waals surface area contributed by atoms with Crippen LogP contribution in [0.2, 0.25) is 0 Å². The summed E-state index contributed by atoms with van der Waals surface area (Å²) in [5, 5.41) is 11.2. The maximum absolute atomic E-state index is 13.2. The van der Waals surface area contributed by atoms with Gasteiger partial charge in [0.15, 0.2) is 0 Å². The molecule has 1 aliphatic heterocycles. The number of ketones is 1. The molecular weight excluding hydrogens is 392 g/mol. The molecule has 1 N–H and O–H groups in total. The Morgan fingerprint density at radius 1 is 1.10 bits per heavy atom. The number of aliphatic hydroxyl groups is 1. The first-order chi connectivity index (χ1) is 15.0. The molecule has 1 aromatic heterocycles. The van der Waals surface area contributed by atoms with E-state index in [0.717, 1.165) is 32.1 Å². The highest BCUT2D eigenvalue weighted by Gasteiger charge is 2.49. The Morgan fingerprint density at radius 3 is 2.55 bits per heavy atom. The highest BCUT2D eigenvalue weighted by atomic mass is 16.5. The molecule has 2 fully saturated rings. The Labute approximate surface area is 182 Å². The molecule has 0 bridgehead atoms. The number of aliphatic hydroxyl groups excluding tert-OH is 1. The molecule has 0 radical (unpaired) electrons. The maximum Gasteiger partial charge on any atom is 0.295 e. The van der Waals surface area contributed by atoms with Gasteiger partial charge in [-0.15, -0.1) is 0 Å². The molecule has 31 heavy (non-hydrogen) atoms. The van der Waals surface area contributed by atoms with Crippen molar-refractivity contribution in [3.63, 3.8) is 0 Å². The van der Waals surface area contributed by atoms with Crippen molar-refractivity contribution in [1.82, 2.24) is 9.88 Å². The molecule has 1 atom stereocenters. The second-order valence-corrected chi connectivity index (χ2v) is 8.45. The maximum atomic E-state index is 13.2. The number of aromatic nitrogens is 1. The summed E-state index contributed by atoms with van der Waals surface area (Å²) in [5.41, 5.74) is 1.13. The number of likely N-dealkylation sites (tertiary alicyclic amines) is 1. The van der Waals surface area contributed by atoms with Gasteiger partial charge in [-0.25, -0.2) is 0 Å². The lowest BCUT2D eigenvalue weighted by Crippen LogP contribution is -2.40. The Balaban J connectivity index is 1.82. The zero-order valence-corrected chi connectivity index (χ0v) is 18.0. The highest BCUT2D eigenvalue weighted by molar-refractivity contribution is 6.46. The lowest BCUT2D eigenvalue weighted by Gasteiger charge is -2.35. The second kappa shape index (κ2) is 8.92. The minimum Gasteiger partial charge on any atom is -0.507 e. The van der Waals surface area contributed by atoms with E-state index in [1.165, 1.54) is 0 Å². The summed E-state index contributed by atoms with van der Waals surface area (Å²) in [4.78, 5) is 32.4. The third-order valence-corrected chi connectivity index (χ3v) is 5.90. The molecule has 0 spiro atoms. The summed E-state index contributed by atoms with van der Waals surface area (Å²) < 4.78 is 5.74. The average Bonchev–Trinajstić information content (AvgIpc) is 3.05. The smallest absolute Gasteiger partial charge is 0.295 e. The SMILES string of the molecule is CC(C)Oc1cccc(/C(O)=C2/C(=O)C(=O)N(C3CCCCC3)C2c2ccccn2)c1. The number of pyridine rings is 1. The molecule has 1 aliphatic carbocycles. The molecule has 162 valence electrons. The second-order valence-electron chi connectivity index (χ2n) is 8.45. The average molecular weight is 421 g/mol. The fraction of sp³-hybridized carbons (Fsp3) is 0.400. The van der Waals surface area contributed by atoms with E-state index >= 15 is 0 Å². The number of nitrogens with zero attached hydrogens (tertiary/aromatic N) is 2. The van der Waals surface area contributed by atoms with Gasteiger partial charge in [0, 0.05) is 17.8 Å². The van der Waals surface area contributed by atoms with Crippen LogP contribution in [0.3, 0.4) is 0 Å². The molecule has 2 aromatic rings. The Hall–Kier alpha value is -3.15. The lowest BCUT2D eigenvalue weighted by molar-refractivity contribution is -0.141. The number of ether oxygens (including phenoxy) is 1. The van der Waals surface area contributed by atoms with E-state index in [4.69, 9.17) is 4.74 Å². The van der Waals surface area contributed by atoms with Crippen molar-refractivity contribution in [1.29, 1.82) is 0 Å². The Morgan fingerprint density at radius 2 is 1.87 bits per heavy atom. The van der Waals surface area contributed by atoms with Gasteiger partial charge in [0.1, 0.15) is 17.6 Å². The van der Waals surface area contributed by atoms with Crippen molar-refractivity contribution in [2.45, 2.75) is 64.1 Å². The minimum absolute atomic E-state index is 0.0252. The summed E-state index contributed by atoms with van der Waals surface area (Å²) in [7, 11) is 0. The molecule has 4 rings (SSSR count). The van der Waals surface area contributed by atoms with E-state index in [1.54, 1.807) is 47.5 Å². The van der Waals surface area contributed by atoms with Crippen LogP contribution in [0, 0.1) is 0 Å². The quantitative estimate of drug-likeness (QED) is 0.434. The highest BCUT2D eigenvalue weighted by Crippen LogP contribution is 2.42. The molecular formula is C25H28N2O4. The normalized spacial score (nSPS) is 21.6.